The minimum absolute atomic E-state index is 0.0468. The lowest BCUT2D eigenvalue weighted by atomic mass is 10.2. The maximum absolute atomic E-state index is 10.8. The van der Waals surface area contributed by atoms with E-state index in [1.165, 1.54) is 6.20 Å². The standard InChI is InChI=1S/C13H13N3O2/c1-16(9-10-3-2-5-14-8-10)11-4-6-15-12(7-11)13(17)18/h2-8H,9H2,1H3,(H,17,18). The molecule has 0 amide bonds. The van der Waals surface area contributed by atoms with E-state index >= 15 is 0 Å². The molecule has 92 valence electrons. The van der Waals surface area contributed by atoms with Gasteiger partial charge >= 0.3 is 5.97 Å². The quantitative estimate of drug-likeness (QED) is 0.887. The zero-order valence-electron chi connectivity index (χ0n) is 9.95. The van der Waals surface area contributed by atoms with Gasteiger partial charge in [0, 0.05) is 37.9 Å². The number of carboxylic acid groups (broad SMARTS) is 1. The first-order valence-electron chi connectivity index (χ1n) is 5.46. The number of aromatic carboxylic acids is 1. The molecule has 0 bridgehead atoms. The number of hydrogen-bond acceptors (Lipinski definition) is 4. The van der Waals surface area contributed by atoms with Crippen LogP contribution >= 0.6 is 0 Å². The number of hydrogen-bond donors (Lipinski definition) is 1. The highest BCUT2D eigenvalue weighted by molar-refractivity contribution is 5.86. The van der Waals surface area contributed by atoms with Gasteiger partial charge in [0.05, 0.1) is 0 Å². The Hall–Kier alpha value is -2.43. The van der Waals surface area contributed by atoms with Gasteiger partial charge in [-0.05, 0) is 23.8 Å². The van der Waals surface area contributed by atoms with Gasteiger partial charge in [0.15, 0.2) is 0 Å². The molecule has 18 heavy (non-hydrogen) atoms. The Bertz CT molecular complexity index is 543. The molecule has 2 aromatic heterocycles. The largest absolute Gasteiger partial charge is 0.477 e. The fourth-order valence-electron chi connectivity index (χ4n) is 1.63. The van der Waals surface area contributed by atoms with Crippen molar-refractivity contribution in [3.8, 4) is 0 Å². The fraction of sp³-hybridized carbons (Fsp3) is 0.154. The average molecular weight is 243 g/mol. The van der Waals surface area contributed by atoms with E-state index in [0.717, 1.165) is 11.3 Å². The van der Waals surface area contributed by atoms with Gasteiger partial charge in [-0.3, -0.25) is 4.98 Å². The normalized spacial score (nSPS) is 10.1. The Morgan fingerprint density at radius 2 is 2.22 bits per heavy atom. The van der Waals surface area contributed by atoms with E-state index < -0.39 is 5.97 Å². The zero-order valence-corrected chi connectivity index (χ0v) is 9.95. The Kier molecular flexibility index (Phi) is 3.52. The van der Waals surface area contributed by atoms with E-state index in [1.54, 1.807) is 24.5 Å². The van der Waals surface area contributed by atoms with Crippen LogP contribution in [-0.4, -0.2) is 28.1 Å². The van der Waals surface area contributed by atoms with Crippen LogP contribution in [0.4, 0.5) is 5.69 Å². The van der Waals surface area contributed by atoms with E-state index in [1.807, 2.05) is 24.1 Å². The van der Waals surface area contributed by atoms with Gasteiger partial charge in [0.2, 0.25) is 0 Å². The van der Waals surface area contributed by atoms with Crippen LogP contribution in [0.5, 0.6) is 0 Å². The van der Waals surface area contributed by atoms with E-state index in [-0.39, 0.29) is 5.69 Å². The van der Waals surface area contributed by atoms with Gasteiger partial charge in [-0.15, -0.1) is 0 Å². The second-order valence-corrected chi connectivity index (χ2v) is 3.92. The van der Waals surface area contributed by atoms with Crippen molar-refractivity contribution in [2.45, 2.75) is 6.54 Å². The van der Waals surface area contributed by atoms with Gasteiger partial charge in [-0.25, -0.2) is 9.78 Å². The maximum Gasteiger partial charge on any atom is 0.354 e. The highest BCUT2D eigenvalue weighted by Crippen LogP contribution is 2.15. The number of aromatic nitrogens is 2. The molecule has 5 heteroatoms. The van der Waals surface area contributed by atoms with Crippen LogP contribution in [0.1, 0.15) is 16.1 Å². The number of anilines is 1. The Labute approximate surface area is 105 Å². The van der Waals surface area contributed by atoms with Crippen molar-refractivity contribution < 1.29 is 9.90 Å². The molecule has 1 N–H and O–H groups in total. The summed E-state index contributed by atoms with van der Waals surface area (Å²) in [6.45, 7) is 0.664. The van der Waals surface area contributed by atoms with Crippen LogP contribution in [0.25, 0.3) is 0 Å². The molecule has 0 aromatic carbocycles. The van der Waals surface area contributed by atoms with Crippen molar-refractivity contribution >= 4 is 11.7 Å². The van der Waals surface area contributed by atoms with Crippen LogP contribution in [-0.2, 0) is 6.54 Å². The summed E-state index contributed by atoms with van der Waals surface area (Å²) in [5.74, 6) is -1.02. The van der Waals surface area contributed by atoms with Crippen LogP contribution in [0.15, 0.2) is 42.9 Å². The third-order valence-corrected chi connectivity index (χ3v) is 2.55. The van der Waals surface area contributed by atoms with E-state index in [4.69, 9.17) is 5.11 Å². The number of carboxylic acids is 1. The van der Waals surface area contributed by atoms with Crippen molar-refractivity contribution in [1.82, 2.24) is 9.97 Å². The number of carbonyl (C=O) groups is 1. The lowest BCUT2D eigenvalue weighted by Gasteiger charge is -2.19. The molecular formula is C13H13N3O2. The highest BCUT2D eigenvalue weighted by atomic mass is 16.4. The second-order valence-electron chi connectivity index (χ2n) is 3.92. The summed E-state index contributed by atoms with van der Waals surface area (Å²) < 4.78 is 0. The van der Waals surface area contributed by atoms with E-state index in [9.17, 15) is 4.79 Å². The highest BCUT2D eigenvalue weighted by Gasteiger charge is 2.08. The van der Waals surface area contributed by atoms with E-state index in [0.29, 0.717) is 6.54 Å². The monoisotopic (exact) mass is 243 g/mol. The third kappa shape index (κ3) is 2.82. The molecule has 5 nitrogen and oxygen atoms in total. The molecule has 0 unspecified atom stereocenters. The number of nitrogens with zero attached hydrogens (tertiary/aromatic N) is 3. The first-order chi connectivity index (χ1) is 8.66. The second kappa shape index (κ2) is 5.27. The summed E-state index contributed by atoms with van der Waals surface area (Å²) >= 11 is 0. The first kappa shape index (κ1) is 12.0. The van der Waals surface area contributed by atoms with Crippen LogP contribution in [0, 0.1) is 0 Å². The van der Waals surface area contributed by atoms with Gasteiger partial charge in [-0.1, -0.05) is 6.07 Å². The van der Waals surface area contributed by atoms with Crippen molar-refractivity contribution in [2.24, 2.45) is 0 Å². The summed E-state index contributed by atoms with van der Waals surface area (Å²) in [6, 6.07) is 7.18. The topological polar surface area (TPSA) is 66.3 Å². The van der Waals surface area contributed by atoms with Crippen molar-refractivity contribution in [1.29, 1.82) is 0 Å². The molecule has 0 atom stereocenters. The Morgan fingerprint density at radius 3 is 2.89 bits per heavy atom. The molecule has 2 rings (SSSR count). The Morgan fingerprint density at radius 1 is 1.39 bits per heavy atom. The van der Waals surface area contributed by atoms with Crippen molar-refractivity contribution in [2.75, 3.05) is 11.9 Å². The smallest absolute Gasteiger partial charge is 0.354 e. The van der Waals surface area contributed by atoms with Gasteiger partial charge in [0.1, 0.15) is 5.69 Å². The van der Waals surface area contributed by atoms with Gasteiger partial charge in [0.25, 0.3) is 0 Å². The first-order valence-corrected chi connectivity index (χ1v) is 5.46. The summed E-state index contributed by atoms with van der Waals surface area (Å²) in [6.07, 6.45) is 5.01. The van der Waals surface area contributed by atoms with Gasteiger partial charge in [-0.2, -0.15) is 0 Å². The molecular weight excluding hydrogens is 230 g/mol. The molecule has 0 fully saturated rings. The van der Waals surface area contributed by atoms with Crippen LogP contribution in [0.3, 0.4) is 0 Å². The Balaban J connectivity index is 2.16. The molecule has 2 heterocycles. The summed E-state index contributed by atoms with van der Waals surface area (Å²) in [5, 5.41) is 8.89. The number of rotatable bonds is 4. The molecule has 0 radical (unpaired) electrons. The molecule has 0 saturated carbocycles. The molecule has 0 aliphatic carbocycles. The fourth-order valence-corrected chi connectivity index (χ4v) is 1.63. The molecule has 0 aliphatic heterocycles. The summed E-state index contributed by atoms with van der Waals surface area (Å²) in [5.41, 5.74) is 1.92. The summed E-state index contributed by atoms with van der Waals surface area (Å²) in [4.78, 5) is 20.6. The predicted molar refractivity (Wildman–Crippen MR) is 67.5 cm³/mol. The lowest BCUT2D eigenvalue weighted by Crippen LogP contribution is -2.17. The van der Waals surface area contributed by atoms with Gasteiger partial charge < -0.3 is 10.0 Å². The third-order valence-electron chi connectivity index (χ3n) is 2.55. The number of pyridine rings is 2. The minimum atomic E-state index is -1.02. The van der Waals surface area contributed by atoms with Crippen LogP contribution < -0.4 is 4.90 Å². The SMILES string of the molecule is CN(Cc1cccnc1)c1ccnc(C(=O)O)c1. The van der Waals surface area contributed by atoms with Crippen molar-refractivity contribution in [3.63, 3.8) is 0 Å². The molecule has 0 aliphatic rings. The minimum Gasteiger partial charge on any atom is -0.477 e. The van der Waals surface area contributed by atoms with Crippen LogP contribution in [0.2, 0.25) is 0 Å². The average Bonchev–Trinajstić information content (AvgIpc) is 2.40. The molecule has 0 spiro atoms. The lowest BCUT2D eigenvalue weighted by molar-refractivity contribution is 0.0690. The van der Waals surface area contributed by atoms with E-state index in [2.05, 4.69) is 9.97 Å². The molecule has 0 saturated heterocycles. The summed E-state index contributed by atoms with van der Waals surface area (Å²) in [7, 11) is 1.90. The maximum atomic E-state index is 10.8. The predicted octanol–water partition coefficient (Wildman–Crippen LogP) is 1.81. The molecule has 2 aromatic rings. The zero-order chi connectivity index (χ0) is 13.0. The van der Waals surface area contributed by atoms with Crippen molar-refractivity contribution in [3.05, 3.63) is 54.1 Å².